The zero-order valence-electron chi connectivity index (χ0n) is 18.8. The van der Waals surface area contributed by atoms with Crippen molar-refractivity contribution in [1.29, 1.82) is 0 Å². The average molecular weight is 442 g/mol. The van der Waals surface area contributed by atoms with Crippen LogP contribution in [0, 0.1) is 10.8 Å². The lowest BCUT2D eigenvalue weighted by Crippen LogP contribution is -2.39. The number of fused-ring (bicyclic) bond motifs is 3. The van der Waals surface area contributed by atoms with E-state index in [1.54, 1.807) is 18.3 Å². The van der Waals surface area contributed by atoms with Gasteiger partial charge in [0.2, 0.25) is 5.91 Å². The summed E-state index contributed by atoms with van der Waals surface area (Å²) in [5.74, 6) is -2.25. The second-order valence-electron chi connectivity index (χ2n) is 10.6. The van der Waals surface area contributed by atoms with E-state index in [4.69, 9.17) is 5.11 Å². The molecule has 0 radical (unpaired) electrons. The lowest BCUT2D eigenvalue weighted by atomic mass is 9.65. The zero-order chi connectivity index (χ0) is 23.3. The van der Waals surface area contributed by atoms with Crippen molar-refractivity contribution in [3.63, 3.8) is 0 Å². The molecule has 4 rings (SSSR count). The van der Waals surface area contributed by atoms with Gasteiger partial charge in [-0.25, -0.2) is 0 Å². The van der Waals surface area contributed by atoms with Crippen LogP contribution in [-0.2, 0) is 14.4 Å². The van der Waals surface area contributed by atoms with Gasteiger partial charge < -0.3 is 20.5 Å². The summed E-state index contributed by atoms with van der Waals surface area (Å²) in [6.07, 6.45) is 4.54. The first kappa shape index (κ1) is 22.3. The molecular weight excluding hydrogens is 410 g/mol. The molecule has 1 aromatic heterocycles. The number of rotatable bonds is 7. The van der Waals surface area contributed by atoms with E-state index in [0.717, 1.165) is 42.3 Å². The highest BCUT2D eigenvalue weighted by molar-refractivity contribution is 5.96. The first-order valence-electron chi connectivity index (χ1n) is 11.1. The van der Waals surface area contributed by atoms with E-state index in [0.29, 0.717) is 5.69 Å². The molecule has 1 saturated carbocycles. The summed E-state index contributed by atoms with van der Waals surface area (Å²) in [6.45, 7) is 7.58. The average Bonchev–Trinajstić information content (AvgIpc) is 3.17. The van der Waals surface area contributed by atoms with Gasteiger partial charge in [-0.15, -0.1) is 0 Å². The fraction of sp³-hybridized carbons (Fsp3) is 0.542. The number of hydrogen-bond donors (Lipinski definition) is 4. The lowest BCUT2D eigenvalue weighted by molar-refractivity contribution is -0.144. The third kappa shape index (κ3) is 4.37. The Balaban J connectivity index is 1.60. The zero-order valence-corrected chi connectivity index (χ0v) is 18.8. The number of nitrogens with zero attached hydrogens (tertiary/aromatic N) is 1. The van der Waals surface area contributed by atoms with Crippen molar-refractivity contribution in [2.75, 3.05) is 11.9 Å². The van der Waals surface area contributed by atoms with Gasteiger partial charge in [-0.2, -0.15) is 0 Å². The number of aromatic amines is 1. The number of likely N-dealkylation sites (tertiary alicyclic amines) is 1. The van der Waals surface area contributed by atoms with E-state index < -0.39 is 18.0 Å². The Hall–Kier alpha value is -2.87. The summed E-state index contributed by atoms with van der Waals surface area (Å²) >= 11 is 0. The first-order chi connectivity index (χ1) is 15.0. The molecule has 2 bridgehead atoms. The van der Waals surface area contributed by atoms with Gasteiger partial charge in [-0.3, -0.25) is 19.3 Å². The van der Waals surface area contributed by atoms with Crippen LogP contribution in [0.1, 0.15) is 64.5 Å². The Morgan fingerprint density at radius 3 is 2.62 bits per heavy atom. The molecule has 1 aliphatic carbocycles. The summed E-state index contributed by atoms with van der Waals surface area (Å²) in [7, 11) is 0. The van der Waals surface area contributed by atoms with Crippen molar-refractivity contribution >= 4 is 34.4 Å². The molecule has 1 aliphatic heterocycles. The Morgan fingerprint density at radius 1 is 1.19 bits per heavy atom. The van der Waals surface area contributed by atoms with Crippen LogP contribution < -0.4 is 5.32 Å². The third-order valence-corrected chi connectivity index (χ3v) is 6.88. The molecule has 1 amide bonds. The smallest absolute Gasteiger partial charge is 0.325 e. The van der Waals surface area contributed by atoms with Gasteiger partial charge >= 0.3 is 11.9 Å². The predicted octanol–water partition coefficient (Wildman–Crippen LogP) is 4.00. The van der Waals surface area contributed by atoms with Gasteiger partial charge in [0.25, 0.3) is 0 Å². The summed E-state index contributed by atoms with van der Waals surface area (Å²) in [6, 6.07) is 4.80. The summed E-state index contributed by atoms with van der Waals surface area (Å²) in [5.41, 5.74) is 2.32. The van der Waals surface area contributed by atoms with E-state index in [9.17, 15) is 19.5 Å². The van der Waals surface area contributed by atoms with Crippen LogP contribution in [0.25, 0.3) is 10.9 Å². The number of anilines is 1. The van der Waals surface area contributed by atoms with Crippen LogP contribution in [0.5, 0.6) is 0 Å². The van der Waals surface area contributed by atoms with Gasteiger partial charge in [0.1, 0.15) is 6.04 Å². The number of benzene rings is 1. The molecule has 8 nitrogen and oxygen atoms in total. The molecule has 32 heavy (non-hydrogen) atoms. The van der Waals surface area contributed by atoms with Crippen LogP contribution in [0.15, 0.2) is 24.4 Å². The number of hydrogen-bond acceptors (Lipinski definition) is 4. The summed E-state index contributed by atoms with van der Waals surface area (Å²) in [4.78, 5) is 40.4. The normalized spacial score (nSPS) is 25.5. The molecule has 1 saturated heterocycles. The van der Waals surface area contributed by atoms with Crippen molar-refractivity contribution in [3.05, 3.63) is 30.0 Å². The highest BCUT2D eigenvalue weighted by Crippen LogP contribution is 2.54. The third-order valence-electron chi connectivity index (χ3n) is 6.88. The number of amides is 1. The standard InChI is InChI=1S/C24H31N3O5/c1-23(2)9-15-10-24(3,12-23)13-27(15)21(22(31)32)17-11-25-18-8-14(4-5-16(17)18)26-19(28)6-7-20(29)30/h4-5,8,11,15,21,25H,6-7,9-10,12-13H2,1-3H3,(H,26,28)(H,29,30)(H,31,32)/t15-,21+,24-/m1/s1. The number of carbonyl (C=O) groups is 3. The minimum Gasteiger partial charge on any atom is -0.481 e. The minimum atomic E-state index is -1.02. The fourth-order valence-corrected chi connectivity index (χ4v) is 6.16. The SMILES string of the molecule is CC1(C)C[C@@H]2C[C@@](C)(CN2[C@H](C(=O)O)c2c[nH]c3cc(NC(=O)CCC(=O)O)ccc23)C1. The van der Waals surface area contributed by atoms with E-state index in [2.05, 4.69) is 36.0 Å². The van der Waals surface area contributed by atoms with Gasteiger partial charge in [0.05, 0.1) is 6.42 Å². The second-order valence-corrected chi connectivity index (χ2v) is 10.6. The topological polar surface area (TPSA) is 123 Å². The molecule has 8 heteroatoms. The summed E-state index contributed by atoms with van der Waals surface area (Å²) in [5, 5.41) is 22.5. The maximum Gasteiger partial charge on any atom is 0.325 e. The molecular formula is C24H31N3O5. The fourth-order valence-electron chi connectivity index (χ4n) is 6.16. The monoisotopic (exact) mass is 441 g/mol. The number of aliphatic carboxylic acids is 2. The van der Waals surface area contributed by atoms with Crippen LogP contribution in [0.3, 0.4) is 0 Å². The lowest BCUT2D eigenvalue weighted by Gasteiger charge is -2.40. The van der Waals surface area contributed by atoms with Crippen molar-refractivity contribution in [2.45, 2.75) is 65.0 Å². The highest BCUT2D eigenvalue weighted by Gasteiger charge is 2.52. The number of carboxylic acid groups (broad SMARTS) is 2. The Kier molecular flexibility index (Phi) is 5.53. The Morgan fingerprint density at radius 2 is 1.94 bits per heavy atom. The van der Waals surface area contributed by atoms with Crippen molar-refractivity contribution in [1.82, 2.24) is 9.88 Å². The van der Waals surface area contributed by atoms with Crippen LogP contribution in [0.4, 0.5) is 5.69 Å². The Bertz CT molecular complexity index is 1070. The maximum absolute atomic E-state index is 12.5. The van der Waals surface area contributed by atoms with Crippen molar-refractivity contribution in [3.8, 4) is 0 Å². The maximum atomic E-state index is 12.5. The van der Waals surface area contributed by atoms with Gasteiger partial charge in [0.15, 0.2) is 0 Å². The van der Waals surface area contributed by atoms with E-state index in [-0.39, 0.29) is 35.6 Å². The number of nitrogens with one attached hydrogen (secondary N) is 2. The first-order valence-corrected chi connectivity index (χ1v) is 11.1. The highest BCUT2D eigenvalue weighted by atomic mass is 16.4. The molecule has 0 unspecified atom stereocenters. The van der Waals surface area contributed by atoms with E-state index in [1.165, 1.54) is 0 Å². The molecule has 1 aromatic carbocycles. The molecule has 3 atom stereocenters. The largest absolute Gasteiger partial charge is 0.481 e. The molecule has 2 heterocycles. The van der Waals surface area contributed by atoms with Crippen LogP contribution in [0.2, 0.25) is 0 Å². The molecule has 172 valence electrons. The molecule has 2 fully saturated rings. The predicted molar refractivity (Wildman–Crippen MR) is 120 cm³/mol. The van der Waals surface area contributed by atoms with Gasteiger partial charge in [-0.05, 0) is 42.2 Å². The van der Waals surface area contributed by atoms with Crippen LogP contribution >= 0.6 is 0 Å². The van der Waals surface area contributed by atoms with Gasteiger partial charge in [-0.1, -0.05) is 26.8 Å². The number of carboxylic acids is 2. The number of aromatic nitrogens is 1. The molecule has 2 aliphatic rings. The molecule has 4 N–H and O–H groups in total. The quantitative estimate of drug-likeness (QED) is 0.515. The number of H-pyrrole nitrogens is 1. The molecule has 2 aromatic rings. The van der Waals surface area contributed by atoms with Crippen molar-refractivity contribution < 1.29 is 24.6 Å². The summed E-state index contributed by atoms with van der Waals surface area (Å²) < 4.78 is 0. The molecule has 0 spiro atoms. The van der Waals surface area contributed by atoms with E-state index in [1.807, 2.05) is 6.07 Å². The Labute approximate surface area is 187 Å². The van der Waals surface area contributed by atoms with Crippen molar-refractivity contribution in [2.24, 2.45) is 10.8 Å². The minimum absolute atomic E-state index is 0.101. The number of carbonyl (C=O) groups excluding carboxylic acids is 1. The van der Waals surface area contributed by atoms with Gasteiger partial charge in [0, 0.05) is 47.4 Å². The van der Waals surface area contributed by atoms with E-state index >= 15 is 0 Å². The second kappa shape index (κ2) is 7.92. The van der Waals surface area contributed by atoms with Crippen LogP contribution in [-0.4, -0.2) is 50.5 Å².